The molecule has 0 spiro atoms. The average molecular weight is 321 g/mol. The van der Waals surface area contributed by atoms with Gasteiger partial charge in [-0.1, -0.05) is 35.1 Å². The molecule has 0 amide bonds. The molecule has 3 aromatic rings. The second-order valence-electron chi connectivity index (χ2n) is 4.30. The van der Waals surface area contributed by atoms with Crippen LogP contribution in [-0.4, -0.2) is 19.2 Å². The van der Waals surface area contributed by atoms with Gasteiger partial charge in [0.1, 0.15) is 11.5 Å². The number of hydrogen-bond donors (Lipinski definition) is 1. The minimum atomic E-state index is 0.504. The number of aromatic nitrogens is 1. The quantitative estimate of drug-likeness (QED) is 0.756. The molecule has 0 bridgehead atoms. The van der Waals surface area contributed by atoms with Gasteiger partial charge in [-0.15, -0.1) is 0 Å². The van der Waals surface area contributed by atoms with Gasteiger partial charge in [-0.05, 0) is 12.1 Å². The second-order valence-corrected chi connectivity index (χ2v) is 5.74. The summed E-state index contributed by atoms with van der Waals surface area (Å²) >= 11 is 7.68. The molecule has 6 heteroatoms. The molecule has 0 saturated carbocycles. The van der Waals surface area contributed by atoms with Crippen molar-refractivity contribution < 1.29 is 9.47 Å². The number of methoxy groups -OCH3 is 2. The summed E-state index contributed by atoms with van der Waals surface area (Å²) in [5.41, 5.74) is 1.72. The average Bonchev–Trinajstić information content (AvgIpc) is 2.90. The molecule has 0 aliphatic carbocycles. The van der Waals surface area contributed by atoms with Crippen molar-refractivity contribution in [2.45, 2.75) is 0 Å². The number of fused-ring (bicyclic) bond motifs is 1. The van der Waals surface area contributed by atoms with Gasteiger partial charge < -0.3 is 14.8 Å². The van der Waals surface area contributed by atoms with Gasteiger partial charge in [0.2, 0.25) is 0 Å². The molecule has 0 saturated heterocycles. The summed E-state index contributed by atoms with van der Waals surface area (Å²) < 4.78 is 11.7. The van der Waals surface area contributed by atoms with E-state index in [2.05, 4.69) is 10.3 Å². The van der Waals surface area contributed by atoms with Crippen LogP contribution in [0.1, 0.15) is 0 Å². The maximum Gasteiger partial charge on any atom is 0.188 e. The molecule has 1 aromatic heterocycles. The van der Waals surface area contributed by atoms with E-state index in [1.807, 2.05) is 24.3 Å². The van der Waals surface area contributed by atoms with Crippen molar-refractivity contribution in [2.24, 2.45) is 0 Å². The lowest BCUT2D eigenvalue weighted by molar-refractivity contribution is 0.405. The number of nitrogens with one attached hydrogen (secondary N) is 1. The Hall–Kier alpha value is -1.98. The number of benzene rings is 2. The lowest BCUT2D eigenvalue weighted by Gasteiger charge is -2.12. The van der Waals surface area contributed by atoms with Crippen LogP contribution in [0.3, 0.4) is 0 Å². The summed E-state index contributed by atoms with van der Waals surface area (Å²) in [5.74, 6) is 1.22. The first kappa shape index (κ1) is 14.0. The zero-order chi connectivity index (χ0) is 14.8. The number of para-hydroxylation sites is 1. The number of rotatable bonds is 4. The van der Waals surface area contributed by atoms with Crippen LogP contribution < -0.4 is 14.8 Å². The highest BCUT2D eigenvalue weighted by Crippen LogP contribution is 2.38. The molecule has 3 rings (SSSR count). The van der Waals surface area contributed by atoms with E-state index in [0.717, 1.165) is 21.0 Å². The van der Waals surface area contributed by atoms with Crippen molar-refractivity contribution in [3.8, 4) is 11.5 Å². The Bertz CT molecular complexity index is 755. The van der Waals surface area contributed by atoms with Crippen molar-refractivity contribution in [1.82, 2.24) is 4.98 Å². The van der Waals surface area contributed by atoms with Gasteiger partial charge in [0, 0.05) is 12.1 Å². The summed E-state index contributed by atoms with van der Waals surface area (Å²) in [7, 11) is 3.18. The van der Waals surface area contributed by atoms with Crippen molar-refractivity contribution >= 4 is 44.0 Å². The zero-order valence-corrected chi connectivity index (χ0v) is 13.1. The number of nitrogens with zero attached hydrogens (tertiary/aromatic N) is 1. The lowest BCUT2D eigenvalue weighted by atomic mass is 10.2. The highest BCUT2D eigenvalue weighted by molar-refractivity contribution is 7.22. The van der Waals surface area contributed by atoms with Crippen molar-refractivity contribution in [3.63, 3.8) is 0 Å². The molecule has 0 aliphatic rings. The molecule has 21 heavy (non-hydrogen) atoms. The molecular formula is C15H13ClN2O2S. The summed E-state index contributed by atoms with van der Waals surface area (Å²) in [4.78, 5) is 4.54. The zero-order valence-electron chi connectivity index (χ0n) is 11.5. The summed E-state index contributed by atoms with van der Waals surface area (Å²) in [6.07, 6.45) is 0. The van der Waals surface area contributed by atoms with E-state index in [1.165, 1.54) is 0 Å². The van der Waals surface area contributed by atoms with Crippen LogP contribution in [0.25, 0.3) is 10.2 Å². The fourth-order valence-corrected chi connectivity index (χ4v) is 3.11. The lowest BCUT2D eigenvalue weighted by Crippen LogP contribution is -1.96. The number of anilines is 2. The third kappa shape index (κ3) is 2.75. The fraction of sp³-hybridized carbons (Fsp3) is 0.133. The van der Waals surface area contributed by atoms with E-state index in [9.17, 15) is 0 Å². The SMILES string of the molecule is COc1cc(Nc2nc3ccccc3s2)c(OC)cc1Cl. The number of ether oxygens (including phenoxy) is 2. The molecule has 2 aromatic carbocycles. The molecule has 1 N–H and O–H groups in total. The molecular weight excluding hydrogens is 308 g/mol. The second kappa shape index (κ2) is 5.79. The minimum absolute atomic E-state index is 0.504. The van der Waals surface area contributed by atoms with Crippen molar-refractivity contribution in [3.05, 3.63) is 41.4 Å². The number of hydrogen-bond acceptors (Lipinski definition) is 5. The van der Waals surface area contributed by atoms with Crippen LogP contribution in [0.4, 0.5) is 10.8 Å². The molecule has 0 radical (unpaired) electrons. The smallest absolute Gasteiger partial charge is 0.188 e. The number of thiazole rings is 1. The Kier molecular flexibility index (Phi) is 3.86. The van der Waals surface area contributed by atoms with Crippen LogP contribution >= 0.6 is 22.9 Å². The summed E-state index contributed by atoms with van der Waals surface area (Å²) in [6, 6.07) is 11.5. The first-order valence-corrected chi connectivity index (χ1v) is 7.45. The first-order chi connectivity index (χ1) is 10.2. The van der Waals surface area contributed by atoms with Gasteiger partial charge in [-0.25, -0.2) is 4.98 Å². The molecule has 0 atom stereocenters. The fourth-order valence-electron chi connectivity index (χ4n) is 2.00. The van der Waals surface area contributed by atoms with E-state index >= 15 is 0 Å². The van der Waals surface area contributed by atoms with Crippen LogP contribution in [0, 0.1) is 0 Å². The third-order valence-electron chi connectivity index (χ3n) is 3.01. The van der Waals surface area contributed by atoms with Crippen LogP contribution in [0.2, 0.25) is 5.02 Å². The van der Waals surface area contributed by atoms with E-state index in [-0.39, 0.29) is 0 Å². The molecule has 4 nitrogen and oxygen atoms in total. The topological polar surface area (TPSA) is 43.4 Å². The summed E-state index contributed by atoms with van der Waals surface area (Å²) in [5, 5.41) is 4.55. The minimum Gasteiger partial charge on any atom is -0.495 e. The maximum atomic E-state index is 6.10. The Morgan fingerprint density at radius 1 is 1.10 bits per heavy atom. The predicted octanol–water partition coefficient (Wildman–Crippen LogP) is 4.71. The standard InChI is InChI=1S/C15H13ClN2O2S/c1-19-12-8-11(13(20-2)7-9(12)16)18-15-17-10-5-3-4-6-14(10)21-15/h3-8H,1-2H3,(H,17,18). The van der Waals surface area contributed by atoms with E-state index in [1.54, 1.807) is 37.7 Å². The maximum absolute atomic E-state index is 6.10. The summed E-state index contributed by atoms with van der Waals surface area (Å²) in [6.45, 7) is 0. The van der Waals surface area contributed by atoms with Gasteiger partial charge in [0.05, 0.1) is 35.1 Å². The monoisotopic (exact) mass is 320 g/mol. The van der Waals surface area contributed by atoms with Gasteiger partial charge >= 0.3 is 0 Å². The van der Waals surface area contributed by atoms with Gasteiger partial charge in [-0.2, -0.15) is 0 Å². The van der Waals surface area contributed by atoms with E-state index < -0.39 is 0 Å². The molecule has 108 valence electrons. The number of halogens is 1. The normalized spacial score (nSPS) is 10.6. The molecule has 0 aliphatic heterocycles. The first-order valence-electron chi connectivity index (χ1n) is 6.25. The van der Waals surface area contributed by atoms with Gasteiger partial charge in [-0.3, -0.25) is 0 Å². The predicted molar refractivity (Wildman–Crippen MR) is 87.5 cm³/mol. The van der Waals surface area contributed by atoms with Crippen LogP contribution in [0.5, 0.6) is 11.5 Å². The largest absolute Gasteiger partial charge is 0.495 e. The van der Waals surface area contributed by atoms with E-state index in [4.69, 9.17) is 21.1 Å². The van der Waals surface area contributed by atoms with Crippen LogP contribution in [0.15, 0.2) is 36.4 Å². The Morgan fingerprint density at radius 3 is 2.57 bits per heavy atom. The van der Waals surface area contributed by atoms with Crippen molar-refractivity contribution in [1.29, 1.82) is 0 Å². The molecule has 0 unspecified atom stereocenters. The van der Waals surface area contributed by atoms with Crippen molar-refractivity contribution in [2.75, 3.05) is 19.5 Å². The van der Waals surface area contributed by atoms with Gasteiger partial charge in [0.25, 0.3) is 0 Å². The van der Waals surface area contributed by atoms with Crippen LogP contribution in [-0.2, 0) is 0 Å². The highest BCUT2D eigenvalue weighted by atomic mass is 35.5. The molecule has 0 fully saturated rings. The van der Waals surface area contributed by atoms with E-state index in [0.29, 0.717) is 16.5 Å². The highest BCUT2D eigenvalue weighted by Gasteiger charge is 2.12. The Balaban J connectivity index is 1.99. The molecule has 1 heterocycles. The van der Waals surface area contributed by atoms with Gasteiger partial charge in [0.15, 0.2) is 5.13 Å². The third-order valence-corrected chi connectivity index (χ3v) is 4.26. The Morgan fingerprint density at radius 2 is 1.86 bits per heavy atom. The Labute approximate surface area is 131 Å².